The lowest BCUT2D eigenvalue weighted by Crippen LogP contribution is -2.12. The average Bonchev–Trinajstić information content (AvgIpc) is 2.91. The summed E-state index contributed by atoms with van der Waals surface area (Å²) in [6, 6.07) is 7.22. The number of H-pyrrole nitrogens is 1. The van der Waals surface area contributed by atoms with Crippen LogP contribution < -0.4 is 25.5 Å². The smallest absolute Gasteiger partial charge is 0.270 e. The van der Waals surface area contributed by atoms with E-state index in [4.69, 9.17) is 15.2 Å². The van der Waals surface area contributed by atoms with E-state index in [2.05, 4.69) is 10.3 Å². The third-order valence-corrected chi connectivity index (χ3v) is 5.05. The van der Waals surface area contributed by atoms with Crippen molar-refractivity contribution in [3.63, 3.8) is 0 Å². The molecular formula is C18H20N3O3S+. The molecule has 0 atom stereocenters. The average molecular weight is 358 g/mol. The number of aromatic amines is 1. The summed E-state index contributed by atoms with van der Waals surface area (Å²) in [4.78, 5) is 17.3. The van der Waals surface area contributed by atoms with Gasteiger partial charge in [-0.3, -0.25) is 4.79 Å². The van der Waals surface area contributed by atoms with Crippen molar-refractivity contribution in [2.75, 3.05) is 25.3 Å². The zero-order chi connectivity index (χ0) is 18.1. The van der Waals surface area contributed by atoms with E-state index in [0.717, 1.165) is 21.5 Å². The highest BCUT2D eigenvalue weighted by atomic mass is 32.1. The fraction of sp³-hybridized carbons (Fsp3) is 0.222. The van der Waals surface area contributed by atoms with Gasteiger partial charge in [0.25, 0.3) is 10.7 Å². The zero-order valence-electron chi connectivity index (χ0n) is 14.5. The van der Waals surface area contributed by atoms with E-state index >= 15 is 0 Å². The van der Waals surface area contributed by atoms with Crippen LogP contribution in [0.3, 0.4) is 0 Å². The fourth-order valence-electron chi connectivity index (χ4n) is 2.81. The quantitative estimate of drug-likeness (QED) is 0.750. The van der Waals surface area contributed by atoms with Crippen molar-refractivity contribution in [1.82, 2.24) is 0 Å². The molecule has 6 nitrogen and oxygen atoms in total. The molecule has 0 aliphatic rings. The summed E-state index contributed by atoms with van der Waals surface area (Å²) in [6.45, 7) is 3.97. The van der Waals surface area contributed by atoms with E-state index < -0.39 is 0 Å². The Morgan fingerprint density at radius 2 is 1.88 bits per heavy atom. The topological polar surface area (TPSA) is 87.7 Å². The number of hydrogen-bond acceptors (Lipinski definition) is 5. The minimum absolute atomic E-state index is 0.253. The molecule has 4 N–H and O–H groups in total. The van der Waals surface area contributed by atoms with Crippen molar-refractivity contribution in [2.24, 2.45) is 0 Å². The SMILES string of the molecule is COc1ccc(NC(=O)c2sc3[nH+]c(C)cc(C)c3c2N)cc1OC. The van der Waals surface area contributed by atoms with Gasteiger partial charge in [-0.2, -0.15) is 4.98 Å². The number of thiophene rings is 1. The highest BCUT2D eigenvalue weighted by Crippen LogP contribution is 2.35. The Labute approximate surface area is 149 Å². The summed E-state index contributed by atoms with van der Waals surface area (Å²) in [5.74, 6) is 0.892. The standard InChI is InChI=1S/C18H19N3O3S/c1-9-7-10(2)20-18-14(9)15(19)16(25-18)17(22)21-11-5-6-12(23-3)13(8-11)24-4/h5-8H,19H2,1-4H3,(H,21,22)/p+1. The lowest BCUT2D eigenvalue weighted by Gasteiger charge is -2.10. The molecule has 25 heavy (non-hydrogen) atoms. The van der Waals surface area contributed by atoms with Crippen molar-refractivity contribution in [2.45, 2.75) is 13.8 Å². The Kier molecular flexibility index (Phi) is 4.50. The number of fused-ring (bicyclic) bond motifs is 1. The molecule has 0 saturated heterocycles. The number of methoxy groups -OCH3 is 2. The first-order valence-corrected chi connectivity index (χ1v) is 8.51. The Bertz CT molecular complexity index is 966. The Balaban J connectivity index is 1.95. The van der Waals surface area contributed by atoms with Crippen LogP contribution >= 0.6 is 11.3 Å². The monoisotopic (exact) mass is 358 g/mol. The van der Waals surface area contributed by atoms with Crippen LogP contribution in [0.1, 0.15) is 20.9 Å². The van der Waals surface area contributed by atoms with Crippen LogP contribution in [0.4, 0.5) is 11.4 Å². The second-order valence-electron chi connectivity index (χ2n) is 5.71. The molecule has 7 heteroatoms. The summed E-state index contributed by atoms with van der Waals surface area (Å²) in [7, 11) is 3.11. The second-order valence-corrected chi connectivity index (χ2v) is 6.73. The van der Waals surface area contributed by atoms with Crippen molar-refractivity contribution < 1.29 is 19.3 Å². The number of nitrogens with two attached hydrogens (primary N) is 1. The molecule has 0 aliphatic carbocycles. The van der Waals surface area contributed by atoms with Crippen LogP contribution in [-0.2, 0) is 0 Å². The molecule has 0 saturated carbocycles. The highest BCUT2D eigenvalue weighted by molar-refractivity contribution is 7.20. The maximum Gasteiger partial charge on any atom is 0.270 e. The number of carbonyl (C=O) groups is 1. The van der Waals surface area contributed by atoms with Gasteiger partial charge in [-0.05, 0) is 24.6 Å². The Morgan fingerprint density at radius 3 is 2.56 bits per heavy atom. The van der Waals surface area contributed by atoms with Gasteiger partial charge >= 0.3 is 0 Å². The van der Waals surface area contributed by atoms with E-state index in [1.165, 1.54) is 11.3 Å². The van der Waals surface area contributed by atoms with Crippen LogP contribution in [0.5, 0.6) is 11.5 Å². The lowest BCUT2D eigenvalue weighted by atomic mass is 10.1. The van der Waals surface area contributed by atoms with Gasteiger partial charge in [-0.25, -0.2) is 0 Å². The Hall–Kier alpha value is -2.80. The molecule has 0 radical (unpaired) electrons. The maximum atomic E-state index is 12.7. The van der Waals surface area contributed by atoms with Crippen LogP contribution in [0.15, 0.2) is 24.3 Å². The number of pyridine rings is 1. The summed E-state index contributed by atoms with van der Waals surface area (Å²) in [5, 5.41) is 3.76. The molecule has 2 heterocycles. The predicted octanol–water partition coefficient (Wildman–Crippen LogP) is 3.18. The maximum absolute atomic E-state index is 12.7. The number of anilines is 2. The number of nitrogen functional groups attached to an aromatic ring is 1. The molecule has 1 amide bonds. The van der Waals surface area contributed by atoms with Gasteiger partial charge in [0.05, 0.1) is 25.3 Å². The van der Waals surface area contributed by atoms with E-state index in [1.54, 1.807) is 32.4 Å². The molecule has 3 aromatic rings. The molecule has 0 aliphatic heterocycles. The third kappa shape index (κ3) is 3.10. The van der Waals surface area contributed by atoms with Gasteiger partial charge in [0, 0.05) is 24.7 Å². The number of benzene rings is 1. The minimum atomic E-state index is -0.253. The van der Waals surface area contributed by atoms with E-state index in [1.807, 2.05) is 19.9 Å². The summed E-state index contributed by atoms with van der Waals surface area (Å²) in [5.41, 5.74) is 9.40. The molecular weight excluding hydrogens is 338 g/mol. The molecule has 0 spiro atoms. The second kappa shape index (κ2) is 6.60. The number of aryl methyl sites for hydroxylation is 2. The van der Waals surface area contributed by atoms with Gasteiger partial charge in [0.15, 0.2) is 17.2 Å². The van der Waals surface area contributed by atoms with E-state index in [0.29, 0.717) is 27.8 Å². The van der Waals surface area contributed by atoms with Crippen LogP contribution in [-0.4, -0.2) is 20.1 Å². The predicted molar refractivity (Wildman–Crippen MR) is 99.8 cm³/mol. The number of hydrogen-bond donors (Lipinski definition) is 2. The number of nitrogens with one attached hydrogen (secondary N) is 2. The van der Waals surface area contributed by atoms with Gasteiger partial charge in [0.2, 0.25) is 0 Å². The summed E-state index contributed by atoms with van der Waals surface area (Å²) < 4.78 is 10.5. The van der Waals surface area contributed by atoms with Crippen LogP contribution in [0.25, 0.3) is 10.2 Å². The molecule has 130 valence electrons. The molecule has 0 bridgehead atoms. The van der Waals surface area contributed by atoms with E-state index in [9.17, 15) is 4.79 Å². The van der Waals surface area contributed by atoms with Crippen molar-refractivity contribution in [3.8, 4) is 11.5 Å². The summed E-state index contributed by atoms with van der Waals surface area (Å²) in [6.07, 6.45) is 0. The van der Waals surface area contributed by atoms with Crippen molar-refractivity contribution in [1.29, 1.82) is 0 Å². The minimum Gasteiger partial charge on any atom is -0.493 e. The van der Waals surface area contributed by atoms with Gasteiger partial charge in [0.1, 0.15) is 4.88 Å². The number of ether oxygens (including phenoxy) is 2. The van der Waals surface area contributed by atoms with Crippen molar-refractivity contribution >= 4 is 38.8 Å². The number of aromatic nitrogens is 1. The first kappa shape index (κ1) is 17.0. The summed E-state index contributed by atoms with van der Waals surface area (Å²) >= 11 is 1.35. The fourth-order valence-corrected chi connectivity index (χ4v) is 3.95. The zero-order valence-corrected chi connectivity index (χ0v) is 15.3. The molecule has 1 aromatic carbocycles. The van der Waals surface area contributed by atoms with Crippen LogP contribution in [0.2, 0.25) is 0 Å². The number of carbonyl (C=O) groups excluding carboxylic acids is 1. The molecule has 2 aromatic heterocycles. The highest BCUT2D eigenvalue weighted by Gasteiger charge is 2.22. The molecule has 0 fully saturated rings. The van der Waals surface area contributed by atoms with Gasteiger partial charge < -0.3 is 20.5 Å². The van der Waals surface area contributed by atoms with Crippen LogP contribution in [0, 0.1) is 13.8 Å². The normalized spacial score (nSPS) is 10.7. The molecule has 0 unspecified atom stereocenters. The largest absolute Gasteiger partial charge is 0.493 e. The third-order valence-electron chi connectivity index (χ3n) is 3.93. The van der Waals surface area contributed by atoms with Gasteiger partial charge in [-0.15, -0.1) is 0 Å². The van der Waals surface area contributed by atoms with Gasteiger partial charge in [-0.1, -0.05) is 11.3 Å². The number of rotatable bonds is 4. The first-order valence-electron chi connectivity index (χ1n) is 7.69. The molecule has 3 rings (SSSR count). The first-order chi connectivity index (χ1) is 11.9. The lowest BCUT2D eigenvalue weighted by molar-refractivity contribution is -0.351. The van der Waals surface area contributed by atoms with Crippen molar-refractivity contribution in [3.05, 3.63) is 40.4 Å². The number of amides is 1. The Morgan fingerprint density at radius 1 is 1.16 bits per heavy atom. The van der Waals surface area contributed by atoms with E-state index in [-0.39, 0.29) is 5.91 Å².